The summed E-state index contributed by atoms with van der Waals surface area (Å²) in [6.45, 7) is 2.89. The zero-order chi connectivity index (χ0) is 12.0. The molecule has 3 unspecified atom stereocenters. The molecule has 1 aliphatic carbocycles. The molecule has 0 aromatic carbocycles. The van der Waals surface area contributed by atoms with Crippen molar-refractivity contribution in [3.05, 3.63) is 0 Å². The van der Waals surface area contributed by atoms with Gasteiger partial charge < -0.3 is 11.1 Å². The predicted molar refractivity (Wildman–Crippen MR) is 70.5 cm³/mol. The van der Waals surface area contributed by atoms with Crippen LogP contribution in [0.4, 0.5) is 0 Å². The molecule has 0 aliphatic heterocycles. The van der Waals surface area contributed by atoms with Gasteiger partial charge in [-0.25, -0.2) is 0 Å². The molecule has 0 bridgehead atoms. The highest BCUT2D eigenvalue weighted by molar-refractivity contribution is 7.99. The summed E-state index contributed by atoms with van der Waals surface area (Å²) in [6, 6.07) is 0.234. The third kappa shape index (κ3) is 4.74. The summed E-state index contributed by atoms with van der Waals surface area (Å²) in [7, 11) is 0. The summed E-state index contributed by atoms with van der Waals surface area (Å²) in [4.78, 5) is 11.7. The number of carbonyl (C=O) groups excluding carboxylic acids is 1. The van der Waals surface area contributed by atoms with Gasteiger partial charge in [0.25, 0.3) is 0 Å². The maximum absolute atomic E-state index is 11.7. The van der Waals surface area contributed by atoms with E-state index in [1.54, 1.807) is 11.8 Å². The van der Waals surface area contributed by atoms with E-state index in [1.165, 1.54) is 12.8 Å². The van der Waals surface area contributed by atoms with Gasteiger partial charge in [-0.15, -0.1) is 0 Å². The van der Waals surface area contributed by atoms with Crippen LogP contribution in [0.5, 0.6) is 0 Å². The molecule has 0 saturated heterocycles. The van der Waals surface area contributed by atoms with Crippen molar-refractivity contribution < 1.29 is 4.79 Å². The minimum absolute atomic E-state index is 0.170. The molecule has 3 N–H and O–H groups in total. The molecule has 16 heavy (non-hydrogen) atoms. The molecule has 1 saturated carbocycles. The second-order valence-electron chi connectivity index (χ2n) is 4.76. The van der Waals surface area contributed by atoms with Gasteiger partial charge in [-0.3, -0.25) is 4.79 Å². The van der Waals surface area contributed by atoms with Gasteiger partial charge in [0.2, 0.25) is 5.91 Å². The lowest BCUT2D eigenvalue weighted by molar-refractivity contribution is -0.122. The van der Waals surface area contributed by atoms with Crippen LogP contribution in [0.3, 0.4) is 0 Å². The van der Waals surface area contributed by atoms with Gasteiger partial charge >= 0.3 is 0 Å². The molecule has 0 heterocycles. The van der Waals surface area contributed by atoms with Crippen LogP contribution in [0, 0.1) is 5.92 Å². The highest BCUT2D eigenvalue weighted by Crippen LogP contribution is 2.25. The Balaban J connectivity index is 2.22. The van der Waals surface area contributed by atoms with Gasteiger partial charge in [-0.2, -0.15) is 11.8 Å². The zero-order valence-electron chi connectivity index (χ0n) is 10.4. The number of hydrogen-bond acceptors (Lipinski definition) is 3. The van der Waals surface area contributed by atoms with E-state index < -0.39 is 0 Å². The normalized spacial score (nSPS) is 27.4. The van der Waals surface area contributed by atoms with Crippen LogP contribution < -0.4 is 11.1 Å². The van der Waals surface area contributed by atoms with Crippen molar-refractivity contribution in [2.75, 3.05) is 12.8 Å². The molecule has 1 rings (SSSR count). The van der Waals surface area contributed by atoms with Gasteiger partial charge in [0.1, 0.15) is 0 Å². The Bertz CT molecular complexity index is 223. The molecule has 0 aromatic rings. The minimum atomic E-state index is 0.170. The van der Waals surface area contributed by atoms with Crippen molar-refractivity contribution in [3.63, 3.8) is 0 Å². The molecule has 1 amide bonds. The van der Waals surface area contributed by atoms with Crippen molar-refractivity contribution in [2.45, 2.75) is 50.3 Å². The molecular formula is C12H24N2OS. The van der Waals surface area contributed by atoms with Crippen LogP contribution >= 0.6 is 11.8 Å². The maximum Gasteiger partial charge on any atom is 0.220 e. The van der Waals surface area contributed by atoms with E-state index in [-0.39, 0.29) is 11.9 Å². The molecule has 3 atom stereocenters. The third-order valence-electron chi connectivity index (χ3n) is 3.40. The number of thioether (sulfide) groups is 1. The Kier molecular flexibility index (Phi) is 6.21. The van der Waals surface area contributed by atoms with Crippen molar-refractivity contribution in [1.29, 1.82) is 0 Å². The van der Waals surface area contributed by atoms with Gasteiger partial charge in [0.05, 0.1) is 0 Å². The average molecular weight is 244 g/mol. The van der Waals surface area contributed by atoms with E-state index in [4.69, 9.17) is 5.73 Å². The third-order valence-corrected chi connectivity index (χ3v) is 4.38. The number of rotatable bonds is 5. The second-order valence-corrected chi connectivity index (χ2v) is 6.04. The van der Waals surface area contributed by atoms with Crippen LogP contribution in [0.1, 0.15) is 39.0 Å². The molecule has 3 nitrogen and oxygen atoms in total. The molecule has 0 aromatic heterocycles. The Morgan fingerprint density at radius 2 is 2.19 bits per heavy atom. The van der Waals surface area contributed by atoms with Crippen molar-refractivity contribution in [3.8, 4) is 0 Å². The monoisotopic (exact) mass is 244 g/mol. The van der Waals surface area contributed by atoms with Crippen LogP contribution in [0.2, 0.25) is 0 Å². The first-order valence-electron chi connectivity index (χ1n) is 6.18. The first-order chi connectivity index (χ1) is 7.63. The first-order valence-corrected chi connectivity index (χ1v) is 7.47. The van der Waals surface area contributed by atoms with Gasteiger partial charge in [0, 0.05) is 24.3 Å². The SMILES string of the molecule is CSC(C)CNC(=O)CC1CCCCC1N. The summed E-state index contributed by atoms with van der Waals surface area (Å²) < 4.78 is 0. The van der Waals surface area contributed by atoms with E-state index in [0.29, 0.717) is 17.6 Å². The van der Waals surface area contributed by atoms with Gasteiger partial charge in [0.15, 0.2) is 0 Å². The first kappa shape index (κ1) is 13.8. The van der Waals surface area contributed by atoms with E-state index in [2.05, 4.69) is 18.5 Å². The van der Waals surface area contributed by atoms with Crippen molar-refractivity contribution >= 4 is 17.7 Å². The molecule has 0 spiro atoms. The molecule has 4 heteroatoms. The lowest BCUT2D eigenvalue weighted by Gasteiger charge is -2.28. The minimum Gasteiger partial charge on any atom is -0.355 e. The van der Waals surface area contributed by atoms with E-state index >= 15 is 0 Å². The van der Waals surface area contributed by atoms with Crippen LogP contribution in [0.25, 0.3) is 0 Å². The molecule has 94 valence electrons. The van der Waals surface area contributed by atoms with E-state index in [1.807, 2.05) is 0 Å². The Labute approximate surface area is 103 Å². The Morgan fingerprint density at radius 1 is 1.50 bits per heavy atom. The van der Waals surface area contributed by atoms with Crippen LogP contribution in [0.15, 0.2) is 0 Å². The van der Waals surface area contributed by atoms with Crippen LogP contribution in [-0.2, 0) is 4.79 Å². The summed E-state index contributed by atoms with van der Waals surface area (Å²) in [6.07, 6.45) is 7.33. The second kappa shape index (κ2) is 7.17. The highest BCUT2D eigenvalue weighted by atomic mass is 32.2. The van der Waals surface area contributed by atoms with E-state index in [0.717, 1.165) is 19.4 Å². The van der Waals surface area contributed by atoms with Crippen molar-refractivity contribution in [2.24, 2.45) is 11.7 Å². The maximum atomic E-state index is 11.7. The lowest BCUT2D eigenvalue weighted by atomic mass is 9.83. The number of amides is 1. The smallest absolute Gasteiger partial charge is 0.220 e. The number of nitrogens with two attached hydrogens (primary N) is 1. The summed E-state index contributed by atoms with van der Waals surface area (Å²) in [5.41, 5.74) is 6.03. The predicted octanol–water partition coefficient (Wildman–Crippen LogP) is 1.76. The summed E-state index contributed by atoms with van der Waals surface area (Å²) in [5.74, 6) is 0.571. The quantitative estimate of drug-likeness (QED) is 0.775. The fourth-order valence-electron chi connectivity index (χ4n) is 2.14. The fourth-order valence-corrected chi connectivity index (χ4v) is 2.39. The van der Waals surface area contributed by atoms with E-state index in [9.17, 15) is 4.79 Å². The van der Waals surface area contributed by atoms with Gasteiger partial charge in [-0.1, -0.05) is 19.8 Å². The molecular weight excluding hydrogens is 220 g/mol. The Hall–Kier alpha value is -0.220. The lowest BCUT2D eigenvalue weighted by Crippen LogP contribution is -2.38. The van der Waals surface area contributed by atoms with Gasteiger partial charge in [-0.05, 0) is 25.0 Å². The zero-order valence-corrected chi connectivity index (χ0v) is 11.2. The number of carbonyl (C=O) groups is 1. The highest BCUT2D eigenvalue weighted by Gasteiger charge is 2.23. The topological polar surface area (TPSA) is 55.1 Å². The standard InChI is InChI=1S/C12H24N2OS/c1-9(16-2)8-14-12(15)7-10-5-3-4-6-11(10)13/h9-11H,3-8,13H2,1-2H3,(H,14,15). The number of hydrogen-bond donors (Lipinski definition) is 2. The average Bonchev–Trinajstić information content (AvgIpc) is 2.29. The molecule has 1 aliphatic rings. The van der Waals surface area contributed by atoms with Crippen molar-refractivity contribution in [1.82, 2.24) is 5.32 Å². The molecule has 0 radical (unpaired) electrons. The van der Waals surface area contributed by atoms with Crippen LogP contribution in [-0.4, -0.2) is 30.0 Å². The molecule has 1 fully saturated rings. The summed E-state index contributed by atoms with van der Waals surface area (Å²) >= 11 is 1.77. The fraction of sp³-hybridized carbons (Fsp3) is 0.917. The Morgan fingerprint density at radius 3 is 2.81 bits per heavy atom. The number of nitrogens with one attached hydrogen (secondary N) is 1. The largest absolute Gasteiger partial charge is 0.355 e. The summed E-state index contributed by atoms with van der Waals surface area (Å²) in [5, 5.41) is 3.48.